The Morgan fingerprint density at radius 1 is 1.12 bits per heavy atom. The fraction of sp³-hybridized carbons (Fsp3) is 0.333. The predicted molar refractivity (Wildman–Crippen MR) is 102 cm³/mol. The van der Waals surface area contributed by atoms with Crippen LogP contribution in [0, 0.1) is 0 Å². The first-order valence-electron chi connectivity index (χ1n) is 8.53. The Hall–Kier alpha value is -2.62. The van der Waals surface area contributed by atoms with Crippen molar-refractivity contribution in [3.63, 3.8) is 0 Å². The van der Waals surface area contributed by atoms with Gasteiger partial charge in [-0.05, 0) is 34.6 Å². The molecule has 0 atom stereocenters. The number of hydrogen-bond acceptors (Lipinski definition) is 3. The number of para-hydroxylation sites is 1. The molecule has 0 saturated heterocycles. The van der Waals surface area contributed by atoms with Gasteiger partial charge in [-0.3, -0.25) is 4.79 Å². The first kappa shape index (κ1) is 18.7. The van der Waals surface area contributed by atoms with Crippen molar-refractivity contribution in [2.24, 2.45) is 5.10 Å². The SMILES string of the molecule is CCc1ccc(/C=N/NC(=O)COc2ccccc2C(C)(C)C)cc1. The summed E-state index contributed by atoms with van der Waals surface area (Å²) < 4.78 is 5.67. The van der Waals surface area contributed by atoms with Crippen molar-refractivity contribution in [3.05, 3.63) is 65.2 Å². The number of hydrogen-bond donors (Lipinski definition) is 1. The summed E-state index contributed by atoms with van der Waals surface area (Å²) in [5, 5.41) is 3.98. The Bertz CT molecular complexity index is 728. The summed E-state index contributed by atoms with van der Waals surface area (Å²) in [6.45, 7) is 8.39. The number of hydrazone groups is 1. The molecule has 2 rings (SSSR count). The van der Waals surface area contributed by atoms with Crippen LogP contribution in [0.5, 0.6) is 5.75 Å². The van der Waals surface area contributed by atoms with Crippen LogP contribution in [-0.2, 0) is 16.6 Å². The van der Waals surface area contributed by atoms with Crippen molar-refractivity contribution < 1.29 is 9.53 Å². The van der Waals surface area contributed by atoms with Crippen LogP contribution in [0.1, 0.15) is 44.4 Å². The molecular weight excluding hydrogens is 312 g/mol. The minimum Gasteiger partial charge on any atom is -0.483 e. The van der Waals surface area contributed by atoms with E-state index in [2.05, 4.69) is 50.4 Å². The van der Waals surface area contributed by atoms with Crippen molar-refractivity contribution >= 4 is 12.1 Å². The number of benzene rings is 2. The van der Waals surface area contributed by atoms with Crippen LogP contribution in [0.25, 0.3) is 0 Å². The zero-order valence-corrected chi connectivity index (χ0v) is 15.4. The Balaban J connectivity index is 1.88. The number of ether oxygens (including phenoxy) is 1. The van der Waals surface area contributed by atoms with E-state index in [9.17, 15) is 4.79 Å². The molecule has 4 nitrogen and oxygen atoms in total. The van der Waals surface area contributed by atoms with E-state index in [-0.39, 0.29) is 17.9 Å². The monoisotopic (exact) mass is 338 g/mol. The highest BCUT2D eigenvalue weighted by molar-refractivity contribution is 5.82. The van der Waals surface area contributed by atoms with Crippen LogP contribution < -0.4 is 10.2 Å². The molecule has 0 aliphatic heterocycles. The molecule has 0 radical (unpaired) electrons. The van der Waals surface area contributed by atoms with Crippen LogP contribution in [0.15, 0.2) is 53.6 Å². The number of carbonyl (C=O) groups is 1. The molecule has 0 aliphatic carbocycles. The summed E-state index contributed by atoms with van der Waals surface area (Å²) >= 11 is 0. The van der Waals surface area contributed by atoms with Gasteiger partial charge in [-0.2, -0.15) is 5.10 Å². The van der Waals surface area contributed by atoms with Crippen LogP contribution in [-0.4, -0.2) is 18.7 Å². The third-order valence-corrected chi connectivity index (χ3v) is 3.84. The number of amides is 1. The zero-order chi connectivity index (χ0) is 18.3. The topological polar surface area (TPSA) is 50.7 Å². The molecular formula is C21H26N2O2. The van der Waals surface area contributed by atoms with E-state index in [0.29, 0.717) is 0 Å². The lowest BCUT2D eigenvalue weighted by Crippen LogP contribution is -2.25. The summed E-state index contributed by atoms with van der Waals surface area (Å²) in [5.74, 6) is 0.439. The van der Waals surface area contributed by atoms with E-state index in [0.717, 1.165) is 23.3 Å². The number of aryl methyl sites for hydroxylation is 1. The Morgan fingerprint density at radius 2 is 1.80 bits per heavy atom. The largest absolute Gasteiger partial charge is 0.483 e. The van der Waals surface area contributed by atoms with Gasteiger partial charge in [-0.15, -0.1) is 0 Å². The second-order valence-electron chi connectivity index (χ2n) is 6.92. The molecule has 0 bridgehead atoms. The van der Waals surface area contributed by atoms with Gasteiger partial charge in [0.25, 0.3) is 5.91 Å². The molecule has 0 aromatic heterocycles. The van der Waals surface area contributed by atoms with E-state index in [1.54, 1.807) is 6.21 Å². The van der Waals surface area contributed by atoms with Gasteiger partial charge >= 0.3 is 0 Å². The quantitative estimate of drug-likeness (QED) is 0.637. The third-order valence-electron chi connectivity index (χ3n) is 3.84. The average Bonchev–Trinajstić information content (AvgIpc) is 2.60. The molecule has 0 unspecified atom stereocenters. The maximum absolute atomic E-state index is 11.9. The second-order valence-corrected chi connectivity index (χ2v) is 6.92. The highest BCUT2D eigenvalue weighted by Gasteiger charge is 2.18. The van der Waals surface area contributed by atoms with E-state index in [1.165, 1.54) is 5.56 Å². The molecule has 1 amide bonds. The van der Waals surface area contributed by atoms with Crippen molar-refractivity contribution in [2.75, 3.05) is 6.61 Å². The molecule has 0 spiro atoms. The zero-order valence-electron chi connectivity index (χ0n) is 15.4. The molecule has 4 heteroatoms. The maximum Gasteiger partial charge on any atom is 0.277 e. The van der Waals surface area contributed by atoms with E-state index in [1.807, 2.05) is 36.4 Å². The first-order valence-corrected chi connectivity index (χ1v) is 8.53. The van der Waals surface area contributed by atoms with Gasteiger partial charge in [0.1, 0.15) is 5.75 Å². The Kier molecular flexibility index (Phi) is 6.34. The van der Waals surface area contributed by atoms with Crippen molar-refractivity contribution in [1.82, 2.24) is 5.43 Å². The van der Waals surface area contributed by atoms with Crippen LogP contribution in [0.2, 0.25) is 0 Å². The summed E-state index contributed by atoms with van der Waals surface area (Å²) in [6.07, 6.45) is 2.63. The van der Waals surface area contributed by atoms with E-state index < -0.39 is 0 Å². The smallest absolute Gasteiger partial charge is 0.277 e. The third kappa shape index (κ3) is 5.75. The number of nitrogens with one attached hydrogen (secondary N) is 1. The summed E-state index contributed by atoms with van der Waals surface area (Å²) in [4.78, 5) is 11.9. The maximum atomic E-state index is 11.9. The molecule has 0 fully saturated rings. The highest BCUT2D eigenvalue weighted by atomic mass is 16.5. The fourth-order valence-corrected chi connectivity index (χ4v) is 2.41. The predicted octanol–water partition coefficient (Wildman–Crippen LogP) is 4.08. The lowest BCUT2D eigenvalue weighted by atomic mass is 9.86. The van der Waals surface area contributed by atoms with Crippen molar-refractivity contribution in [2.45, 2.75) is 39.5 Å². The van der Waals surface area contributed by atoms with Crippen molar-refractivity contribution in [3.8, 4) is 5.75 Å². The van der Waals surface area contributed by atoms with E-state index in [4.69, 9.17) is 4.74 Å². The van der Waals surface area contributed by atoms with Gasteiger partial charge in [0, 0.05) is 0 Å². The van der Waals surface area contributed by atoms with E-state index >= 15 is 0 Å². The molecule has 0 heterocycles. The first-order chi connectivity index (χ1) is 11.9. The van der Waals surface area contributed by atoms with Gasteiger partial charge in [0.2, 0.25) is 0 Å². The normalized spacial score (nSPS) is 11.5. The minimum absolute atomic E-state index is 0.0458. The second kappa shape index (κ2) is 8.47. The van der Waals surface area contributed by atoms with Gasteiger partial charge in [-0.1, -0.05) is 70.2 Å². The van der Waals surface area contributed by atoms with Crippen LogP contribution in [0.4, 0.5) is 0 Å². The molecule has 132 valence electrons. The minimum atomic E-state index is -0.287. The molecule has 0 saturated carbocycles. The molecule has 0 aliphatic rings. The van der Waals surface area contributed by atoms with Gasteiger partial charge < -0.3 is 4.74 Å². The van der Waals surface area contributed by atoms with Gasteiger partial charge in [0.05, 0.1) is 6.21 Å². The lowest BCUT2D eigenvalue weighted by molar-refractivity contribution is -0.123. The standard InChI is InChI=1S/C21H26N2O2/c1-5-16-10-12-17(13-11-16)14-22-23-20(24)15-25-19-9-7-6-8-18(19)21(2,3)4/h6-14H,5,15H2,1-4H3,(H,23,24)/b22-14+. The summed E-state index contributed by atoms with van der Waals surface area (Å²) in [7, 11) is 0. The fourth-order valence-electron chi connectivity index (χ4n) is 2.41. The van der Waals surface area contributed by atoms with Crippen molar-refractivity contribution in [1.29, 1.82) is 0 Å². The Labute approximate surface area is 149 Å². The number of nitrogens with zero attached hydrogens (tertiary/aromatic N) is 1. The average molecular weight is 338 g/mol. The number of rotatable bonds is 6. The highest BCUT2D eigenvalue weighted by Crippen LogP contribution is 2.30. The van der Waals surface area contributed by atoms with Gasteiger partial charge in [-0.25, -0.2) is 5.43 Å². The molecule has 2 aromatic carbocycles. The Morgan fingerprint density at radius 3 is 2.44 bits per heavy atom. The van der Waals surface area contributed by atoms with Crippen LogP contribution in [0.3, 0.4) is 0 Å². The summed E-state index contributed by atoms with van der Waals surface area (Å²) in [6, 6.07) is 15.8. The molecule has 1 N–H and O–H groups in total. The van der Waals surface area contributed by atoms with Crippen LogP contribution >= 0.6 is 0 Å². The van der Waals surface area contributed by atoms with Gasteiger partial charge in [0.15, 0.2) is 6.61 Å². The molecule has 25 heavy (non-hydrogen) atoms. The lowest BCUT2D eigenvalue weighted by Gasteiger charge is -2.22. The summed E-state index contributed by atoms with van der Waals surface area (Å²) in [5.41, 5.74) is 5.73. The number of carbonyl (C=O) groups excluding carboxylic acids is 1. The molecule has 2 aromatic rings.